The molecule has 314 valence electrons. The first-order valence-electron chi connectivity index (χ1n) is 20.9. The van der Waals surface area contributed by atoms with Crippen molar-refractivity contribution in [2.45, 2.75) is 179 Å². The van der Waals surface area contributed by atoms with Crippen LogP contribution in [-0.2, 0) is 23.7 Å². The minimum atomic E-state index is -1.72. The lowest BCUT2D eigenvalue weighted by Gasteiger charge is -2.73. The van der Waals surface area contributed by atoms with Gasteiger partial charge in [0.2, 0.25) is 0 Å². The van der Waals surface area contributed by atoms with Crippen molar-refractivity contribution >= 4 is 0 Å². The summed E-state index contributed by atoms with van der Waals surface area (Å²) in [5.74, 6) is 0.449. The molecule has 2 bridgehead atoms. The van der Waals surface area contributed by atoms with E-state index >= 15 is 0 Å². The van der Waals surface area contributed by atoms with Crippen molar-refractivity contribution in [1.29, 1.82) is 0 Å². The second kappa shape index (κ2) is 13.4. The Morgan fingerprint density at radius 1 is 0.727 bits per heavy atom. The van der Waals surface area contributed by atoms with Crippen molar-refractivity contribution in [1.82, 2.24) is 0 Å². The monoisotopic (exact) mass is 780 g/mol. The molecule has 8 aliphatic rings. The maximum absolute atomic E-state index is 12.1. The van der Waals surface area contributed by atoms with Crippen LogP contribution in [0, 0.1) is 50.2 Å². The maximum Gasteiger partial charge on any atom is 0.187 e. The molecule has 5 aliphatic carbocycles. The summed E-state index contributed by atoms with van der Waals surface area (Å²) in [7, 11) is 0. The SMILES string of the molecule is CC1OC(OC2CC[C@@]3(C)C(CC[C@]4(C)C3C=C[C@]35OC[C@@]6(CCC(C)(C)CC63)C(O)C[C@]54C)[C@]2(C)CO)C(O)C(OC2OC(CO)C(O)C(O)C2O)C1O. The van der Waals surface area contributed by atoms with Crippen LogP contribution in [0.5, 0.6) is 0 Å². The Morgan fingerprint density at radius 3 is 2.13 bits per heavy atom. The number of hydrogen-bond donors (Lipinski definition) is 8. The van der Waals surface area contributed by atoms with Gasteiger partial charge in [0.25, 0.3) is 0 Å². The fourth-order valence-corrected chi connectivity index (χ4v) is 14.3. The van der Waals surface area contributed by atoms with E-state index in [1.165, 1.54) is 0 Å². The van der Waals surface area contributed by atoms with Crippen LogP contribution in [-0.4, -0.2) is 140 Å². The van der Waals surface area contributed by atoms with Gasteiger partial charge in [-0.15, -0.1) is 0 Å². The molecule has 15 unspecified atom stereocenters. The standard InChI is InChI=1S/C42H68O13/c1-21-28(46)33(55-34-31(49)30(48)29(47)22(18-43)53-34)32(50)35(52-21)54-27-10-11-37(4)23(38(27,5)19-44)8-12-39(6)24(37)9-13-42-25-16-36(2,3)14-15-41(25,20-51-42)26(45)17-40(39,42)7/h9,13,21-35,43-50H,8,10-12,14-20H2,1-7H3/t21?,22?,23?,24?,25?,26?,27?,28?,29?,30?,31?,32?,33?,34?,35?,37-,38-,39+,40-,41+,42-/m0/s1. The van der Waals surface area contributed by atoms with Gasteiger partial charge in [-0.2, -0.15) is 0 Å². The number of allylic oxidation sites excluding steroid dienone is 1. The Kier molecular flexibility index (Phi) is 9.95. The third kappa shape index (κ3) is 5.44. The molecule has 13 nitrogen and oxygen atoms in total. The summed E-state index contributed by atoms with van der Waals surface area (Å²) in [5.41, 5.74) is -1.90. The Balaban J connectivity index is 1.05. The maximum atomic E-state index is 12.1. The summed E-state index contributed by atoms with van der Waals surface area (Å²) in [6, 6.07) is 0. The Labute approximate surface area is 325 Å². The first-order valence-corrected chi connectivity index (χ1v) is 20.9. The lowest BCUT2D eigenvalue weighted by atomic mass is 9.32. The molecule has 0 aromatic carbocycles. The van der Waals surface area contributed by atoms with Gasteiger partial charge < -0.3 is 64.5 Å². The number of hydrogen-bond acceptors (Lipinski definition) is 13. The number of fused-ring (bicyclic) bond motifs is 4. The summed E-state index contributed by atoms with van der Waals surface area (Å²) in [4.78, 5) is 0. The number of rotatable bonds is 6. The first-order chi connectivity index (χ1) is 25.7. The smallest absolute Gasteiger partial charge is 0.187 e. The van der Waals surface area contributed by atoms with E-state index in [4.69, 9.17) is 23.7 Å². The van der Waals surface area contributed by atoms with E-state index in [2.05, 4.69) is 53.7 Å². The molecule has 0 aromatic rings. The molecule has 21 atom stereocenters. The third-order valence-electron chi connectivity index (χ3n) is 17.9. The molecule has 7 fully saturated rings. The summed E-state index contributed by atoms with van der Waals surface area (Å²) in [6.07, 6.45) is -3.39. The Bertz CT molecular complexity index is 1490. The molecule has 0 aromatic heterocycles. The summed E-state index contributed by atoms with van der Waals surface area (Å²) in [5, 5.41) is 87.0. The summed E-state index contributed by atoms with van der Waals surface area (Å²) >= 11 is 0. The zero-order valence-electron chi connectivity index (χ0n) is 33.7. The molecule has 4 saturated carbocycles. The van der Waals surface area contributed by atoms with E-state index in [-0.39, 0.29) is 51.4 Å². The Morgan fingerprint density at radius 2 is 1.44 bits per heavy atom. The van der Waals surface area contributed by atoms with E-state index < -0.39 is 91.2 Å². The Hall–Kier alpha value is -0.780. The van der Waals surface area contributed by atoms with Crippen LogP contribution >= 0.6 is 0 Å². The third-order valence-corrected chi connectivity index (χ3v) is 17.9. The largest absolute Gasteiger partial charge is 0.396 e. The first kappa shape index (κ1) is 41.0. The highest BCUT2D eigenvalue weighted by molar-refractivity contribution is 5.36. The van der Waals surface area contributed by atoms with Gasteiger partial charge in [0.1, 0.15) is 42.7 Å². The fraction of sp³-hybridized carbons (Fsp3) is 0.952. The molecule has 55 heavy (non-hydrogen) atoms. The zero-order valence-corrected chi connectivity index (χ0v) is 33.7. The lowest BCUT2D eigenvalue weighted by molar-refractivity contribution is -0.367. The summed E-state index contributed by atoms with van der Waals surface area (Å²) < 4.78 is 31.2. The van der Waals surface area contributed by atoms with Gasteiger partial charge >= 0.3 is 0 Å². The molecule has 0 radical (unpaired) electrons. The van der Waals surface area contributed by atoms with Gasteiger partial charge in [-0.1, -0.05) is 53.7 Å². The minimum Gasteiger partial charge on any atom is -0.396 e. The molecular weight excluding hydrogens is 712 g/mol. The average Bonchev–Trinajstić information content (AvgIpc) is 3.41. The second-order valence-corrected chi connectivity index (χ2v) is 21.0. The second-order valence-electron chi connectivity index (χ2n) is 21.0. The van der Waals surface area contributed by atoms with E-state index in [0.29, 0.717) is 19.4 Å². The number of aliphatic hydroxyl groups is 8. The average molecular weight is 781 g/mol. The fourth-order valence-electron chi connectivity index (χ4n) is 14.3. The van der Waals surface area contributed by atoms with Crippen molar-refractivity contribution in [3.05, 3.63) is 12.2 Å². The molecule has 8 rings (SSSR count). The topological polar surface area (TPSA) is 208 Å². The highest BCUT2D eigenvalue weighted by atomic mass is 16.7. The van der Waals surface area contributed by atoms with E-state index in [1.54, 1.807) is 6.92 Å². The van der Waals surface area contributed by atoms with Crippen LogP contribution in [0.1, 0.15) is 99.8 Å². The van der Waals surface area contributed by atoms with Gasteiger partial charge in [0, 0.05) is 22.2 Å². The quantitative estimate of drug-likeness (QED) is 0.143. The van der Waals surface area contributed by atoms with E-state index in [1.807, 2.05) is 0 Å². The van der Waals surface area contributed by atoms with Crippen molar-refractivity contribution < 1.29 is 64.5 Å². The molecule has 13 heteroatoms. The molecule has 1 spiro atoms. The normalized spacial score (nSPS) is 59.7. The molecule has 3 heterocycles. The highest BCUT2D eigenvalue weighted by Crippen LogP contribution is 2.79. The predicted molar refractivity (Wildman–Crippen MR) is 197 cm³/mol. The van der Waals surface area contributed by atoms with E-state index in [0.717, 1.165) is 38.5 Å². The van der Waals surface area contributed by atoms with Crippen LogP contribution in [0.25, 0.3) is 0 Å². The zero-order chi connectivity index (χ0) is 39.9. The van der Waals surface area contributed by atoms with Gasteiger partial charge in [0.15, 0.2) is 12.6 Å². The number of ether oxygens (including phenoxy) is 5. The van der Waals surface area contributed by atoms with Crippen LogP contribution in [0.2, 0.25) is 0 Å². The van der Waals surface area contributed by atoms with Crippen LogP contribution in [0.3, 0.4) is 0 Å². The van der Waals surface area contributed by atoms with E-state index in [9.17, 15) is 40.9 Å². The van der Waals surface area contributed by atoms with Gasteiger partial charge in [0.05, 0.1) is 43.7 Å². The minimum absolute atomic E-state index is 0.0414. The molecule has 3 aliphatic heterocycles. The van der Waals surface area contributed by atoms with Crippen LogP contribution in [0.15, 0.2) is 12.2 Å². The van der Waals surface area contributed by atoms with Gasteiger partial charge in [-0.25, -0.2) is 0 Å². The van der Waals surface area contributed by atoms with Gasteiger partial charge in [-0.3, -0.25) is 0 Å². The number of aliphatic hydroxyl groups excluding tert-OH is 8. The van der Waals surface area contributed by atoms with Crippen molar-refractivity contribution in [3.8, 4) is 0 Å². The molecule has 8 N–H and O–H groups in total. The lowest BCUT2D eigenvalue weighted by Crippen LogP contribution is -2.72. The van der Waals surface area contributed by atoms with Crippen molar-refractivity contribution in [3.63, 3.8) is 0 Å². The highest BCUT2D eigenvalue weighted by Gasteiger charge is 2.79. The van der Waals surface area contributed by atoms with Crippen molar-refractivity contribution in [2.75, 3.05) is 19.8 Å². The molecule has 0 amide bonds. The predicted octanol–water partition coefficient (Wildman–Crippen LogP) is 1.78. The van der Waals surface area contributed by atoms with Crippen LogP contribution in [0.4, 0.5) is 0 Å². The summed E-state index contributed by atoms with van der Waals surface area (Å²) in [6.45, 7) is 15.4. The van der Waals surface area contributed by atoms with Crippen LogP contribution < -0.4 is 0 Å². The van der Waals surface area contributed by atoms with Gasteiger partial charge in [-0.05, 0) is 86.4 Å². The molecule has 3 saturated heterocycles. The molecular formula is C42H68O13. The van der Waals surface area contributed by atoms with Crippen molar-refractivity contribution in [2.24, 2.45) is 50.2 Å².